The van der Waals surface area contributed by atoms with E-state index < -0.39 is 0 Å². The molecule has 0 radical (unpaired) electrons. The van der Waals surface area contributed by atoms with Crippen LogP contribution < -0.4 is 0 Å². The van der Waals surface area contributed by atoms with Crippen LogP contribution in [-0.4, -0.2) is 5.78 Å². The second-order valence-electron chi connectivity index (χ2n) is 3.64. The van der Waals surface area contributed by atoms with Crippen LogP contribution in [0.15, 0.2) is 41.0 Å². The van der Waals surface area contributed by atoms with E-state index >= 15 is 0 Å². The minimum Gasteiger partial charge on any atom is -0.469 e. The highest BCUT2D eigenvalue weighted by atomic mass is 19.1. The quantitative estimate of drug-likeness (QED) is 0.741. The van der Waals surface area contributed by atoms with Crippen LogP contribution in [0.25, 0.3) is 0 Å². The van der Waals surface area contributed by atoms with Crippen molar-refractivity contribution in [3.63, 3.8) is 0 Å². The Morgan fingerprint density at radius 3 is 2.81 bits per heavy atom. The third-order valence-corrected chi connectivity index (χ3v) is 2.40. The first-order valence-corrected chi connectivity index (χ1v) is 4.98. The third-order valence-electron chi connectivity index (χ3n) is 2.40. The first-order valence-electron chi connectivity index (χ1n) is 4.98. The molecule has 1 aromatic heterocycles. The maximum absolute atomic E-state index is 12.9. The maximum Gasteiger partial charge on any atom is 0.170 e. The predicted molar refractivity (Wildman–Crippen MR) is 57.9 cm³/mol. The highest BCUT2D eigenvalue weighted by Crippen LogP contribution is 2.13. The molecule has 0 spiro atoms. The summed E-state index contributed by atoms with van der Waals surface area (Å²) in [5.41, 5.74) is 1.19. The summed E-state index contributed by atoms with van der Waals surface area (Å²) in [5.74, 6) is 0.230. The minimum atomic E-state index is -0.327. The van der Waals surface area contributed by atoms with Crippen LogP contribution in [0.3, 0.4) is 0 Å². The summed E-state index contributed by atoms with van der Waals surface area (Å²) in [6.07, 6.45) is 1.74. The van der Waals surface area contributed by atoms with E-state index in [9.17, 15) is 9.18 Å². The number of aryl methyl sites for hydroxylation is 1. The Morgan fingerprint density at radius 2 is 2.19 bits per heavy atom. The van der Waals surface area contributed by atoms with Crippen LogP contribution in [0.4, 0.5) is 4.39 Å². The molecule has 0 fully saturated rings. The monoisotopic (exact) mass is 218 g/mol. The summed E-state index contributed by atoms with van der Waals surface area (Å²) in [6.45, 7) is 1.72. The number of hydrogen-bond donors (Lipinski definition) is 0. The number of furan rings is 1. The number of benzene rings is 1. The van der Waals surface area contributed by atoms with E-state index in [-0.39, 0.29) is 18.0 Å². The molecule has 0 aliphatic heterocycles. The molecule has 0 amide bonds. The van der Waals surface area contributed by atoms with Crippen molar-refractivity contribution in [1.82, 2.24) is 0 Å². The summed E-state index contributed by atoms with van der Waals surface area (Å²) in [6, 6.07) is 7.64. The van der Waals surface area contributed by atoms with Gasteiger partial charge in [-0.25, -0.2) is 4.39 Å². The molecule has 0 aliphatic rings. The molecule has 2 rings (SSSR count). The summed E-state index contributed by atoms with van der Waals surface area (Å²) < 4.78 is 18.0. The maximum atomic E-state index is 12.9. The lowest BCUT2D eigenvalue weighted by atomic mass is 10.0. The number of halogens is 1. The van der Waals surface area contributed by atoms with Crippen LogP contribution in [-0.2, 0) is 6.42 Å². The standard InChI is InChI=1S/C13H11FO2/c1-9-7-10(14)4-5-12(9)13(15)8-11-3-2-6-16-11/h2-7H,8H2,1H3. The predicted octanol–water partition coefficient (Wildman–Crippen LogP) is 3.15. The molecule has 0 saturated heterocycles. The number of carbonyl (C=O) groups excluding carboxylic acids is 1. The lowest BCUT2D eigenvalue weighted by molar-refractivity contribution is 0.0986. The van der Waals surface area contributed by atoms with Gasteiger partial charge in [-0.05, 0) is 42.8 Å². The molecular weight excluding hydrogens is 207 g/mol. The zero-order valence-corrected chi connectivity index (χ0v) is 8.87. The molecule has 1 aromatic carbocycles. The fraction of sp³-hybridized carbons (Fsp3) is 0.154. The lowest BCUT2D eigenvalue weighted by Crippen LogP contribution is -2.05. The second-order valence-corrected chi connectivity index (χ2v) is 3.64. The zero-order chi connectivity index (χ0) is 11.5. The van der Waals surface area contributed by atoms with Gasteiger partial charge in [0.25, 0.3) is 0 Å². The molecule has 0 atom stereocenters. The molecule has 2 aromatic rings. The lowest BCUT2D eigenvalue weighted by Gasteiger charge is -2.03. The Labute approximate surface area is 92.7 Å². The van der Waals surface area contributed by atoms with Crippen molar-refractivity contribution in [1.29, 1.82) is 0 Å². The molecule has 0 unspecified atom stereocenters. The van der Waals surface area contributed by atoms with E-state index in [4.69, 9.17) is 4.42 Å². The number of hydrogen-bond acceptors (Lipinski definition) is 2. The van der Waals surface area contributed by atoms with Gasteiger partial charge in [0.1, 0.15) is 11.6 Å². The summed E-state index contributed by atoms with van der Waals surface area (Å²) in [5, 5.41) is 0. The Hall–Kier alpha value is -1.90. The Morgan fingerprint density at radius 1 is 1.38 bits per heavy atom. The van der Waals surface area contributed by atoms with Crippen molar-refractivity contribution in [2.45, 2.75) is 13.3 Å². The van der Waals surface area contributed by atoms with E-state index in [0.29, 0.717) is 16.9 Å². The van der Waals surface area contributed by atoms with E-state index in [0.717, 1.165) is 0 Å². The first-order chi connectivity index (χ1) is 7.66. The highest BCUT2D eigenvalue weighted by molar-refractivity contribution is 5.98. The molecule has 0 N–H and O–H groups in total. The van der Waals surface area contributed by atoms with Crippen LogP contribution in [0.2, 0.25) is 0 Å². The van der Waals surface area contributed by atoms with Crippen molar-refractivity contribution in [3.8, 4) is 0 Å². The van der Waals surface area contributed by atoms with Gasteiger partial charge in [-0.3, -0.25) is 4.79 Å². The van der Waals surface area contributed by atoms with E-state index in [1.165, 1.54) is 24.5 Å². The number of Topliss-reactive ketones (excluding diaryl/α,β-unsaturated/α-hetero) is 1. The fourth-order valence-corrected chi connectivity index (χ4v) is 1.61. The van der Waals surface area contributed by atoms with Crippen molar-refractivity contribution < 1.29 is 13.6 Å². The van der Waals surface area contributed by atoms with Gasteiger partial charge < -0.3 is 4.42 Å². The SMILES string of the molecule is Cc1cc(F)ccc1C(=O)Cc1ccco1. The molecule has 16 heavy (non-hydrogen) atoms. The largest absolute Gasteiger partial charge is 0.469 e. The third kappa shape index (κ3) is 2.19. The topological polar surface area (TPSA) is 30.2 Å². The molecule has 0 saturated carbocycles. The zero-order valence-electron chi connectivity index (χ0n) is 8.87. The van der Waals surface area contributed by atoms with Crippen molar-refractivity contribution >= 4 is 5.78 Å². The number of rotatable bonds is 3. The van der Waals surface area contributed by atoms with Crippen LogP contribution in [0.1, 0.15) is 21.7 Å². The van der Waals surface area contributed by atoms with Crippen LogP contribution in [0.5, 0.6) is 0 Å². The minimum absolute atomic E-state index is 0.0625. The van der Waals surface area contributed by atoms with Crippen molar-refractivity contribution in [3.05, 3.63) is 59.3 Å². The van der Waals surface area contributed by atoms with Gasteiger partial charge in [-0.2, -0.15) is 0 Å². The van der Waals surface area contributed by atoms with Gasteiger partial charge in [0, 0.05) is 5.56 Å². The molecule has 1 heterocycles. The Balaban J connectivity index is 2.21. The van der Waals surface area contributed by atoms with Gasteiger partial charge in [0.05, 0.1) is 12.7 Å². The Bertz CT molecular complexity index is 501. The van der Waals surface area contributed by atoms with Gasteiger partial charge in [0.15, 0.2) is 5.78 Å². The smallest absolute Gasteiger partial charge is 0.170 e. The van der Waals surface area contributed by atoms with E-state index in [2.05, 4.69) is 0 Å². The van der Waals surface area contributed by atoms with Crippen LogP contribution >= 0.6 is 0 Å². The Kier molecular flexibility index (Phi) is 2.86. The number of carbonyl (C=O) groups is 1. The average Bonchev–Trinajstić information content (AvgIpc) is 2.70. The summed E-state index contributed by atoms with van der Waals surface area (Å²) in [4.78, 5) is 11.9. The van der Waals surface area contributed by atoms with E-state index in [1.54, 1.807) is 19.1 Å². The molecule has 82 valence electrons. The van der Waals surface area contributed by atoms with Crippen molar-refractivity contribution in [2.24, 2.45) is 0 Å². The average molecular weight is 218 g/mol. The molecule has 3 heteroatoms. The van der Waals surface area contributed by atoms with Gasteiger partial charge in [0.2, 0.25) is 0 Å². The summed E-state index contributed by atoms with van der Waals surface area (Å²) in [7, 11) is 0. The van der Waals surface area contributed by atoms with Gasteiger partial charge >= 0.3 is 0 Å². The normalized spacial score (nSPS) is 10.4. The molecule has 0 bridgehead atoms. The number of ketones is 1. The van der Waals surface area contributed by atoms with E-state index in [1.807, 2.05) is 0 Å². The molecule has 0 aliphatic carbocycles. The van der Waals surface area contributed by atoms with Gasteiger partial charge in [-0.15, -0.1) is 0 Å². The van der Waals surface area contributed by atoms with Crippen molar-refractivity contribution in [2.75, 3.05) is 0 Å². The second kappa shape index (κ2) is 4.31. The van der Waals surface area contributed by atoms with Crippen LogP contribution in [0, 0.1) is 12.7 Å². The first kappa shape index (κ1) is 10.6. The molecule has 2 nitrogen and oxygen atoms in total. The van der Waals surface area contributed by atoms with Gasteiger partial charge in [-0.1, -0.05) is 0 Å². The fourth-order valence-electron chi connectivity index (χ4n) is 1.61. The molecular formula is C13H11FO2. The highest BCUT2D eigenvalue weighted by Gasteiger charge is 2.11. The summed E-state index contributed by atoms with van der Waals surface area (Å²) >= 11 is 0.